The summed E-state index contributed by atoms with van der Waals surface area (Å²) in [6, 6.07) is -3.05. The molecule has 8 atom stereocenters. The van der Waals surface area contributed by atoms with Gasteiger partial charge in [0.2, 0.25) is 12.2 Å². The molecule has 46 heavy (non-hydrogen) atoms. The van der Waals surface area contributed by atoms with E-state index in [1.165, 1.54) is 0 Å². The maximum atomic E-state index is 13.1. The normalized spacial score (nSPS) is 29.4. The fourth-order valence-corrected chi connectivity index (χ4v) is 5.02. The Kier molecular flexibility index (Phi) is 11.6. The molecule has 0 aliphatic carbocycles. The van der Waals surface area contributed by atoms with Crippen LogP contribution in [-0.2, 0) is 57.3 Å². The van der Waals surface area contributed by atoms with Crippen molar-refractivity contribution in [2.24, 2.45) is 5.92 Å². The predicted molar refractivity (Wildman–Crippen MR) is 151 cm³/mol. The van der Waals surface area contributed by atoms with Gasteiger partial charge in [0.1, 0.15) is 12.1 Å². The first-order chi connectivity index (χ1) is 23.0. The Balaban J connectivity index is 3.83. The van der Waals surface area contributed by atoms with E-state index in [1.54, 1.807) is 34.6 Å². The highest BCUT2D eigenvalue weighted by Gasteiger charge is 2.81. The molecular formula is C26H42N2O17S. The largest absolute Gasteiger partial charge is 0.480 e. The SMILES string of the molecule is [2H]CC(=O)OC(O)[C@H]1OC(SC[C@H](NC(=O)[C@@H](NOC(C)(C)C)C(C)C)C(=O)O)[C@@](O)(OC(=O)C[2H])[C@](O)(OC(=O)C[2H])[C@@]1(O)OC(=O)C[2H]. The summed E-state index contributed by atoms with van der Waals surface area (Å²) in [5, 5.41) is 57.9. The van der Waals surface area contributed by atoms with Crippen molar-refractivity contribution >= 4 is 47.5 Å². The molecule has 1 fully saturated rings. The van der Waals surface area contributed by atoms with Crippen molar-refractivity contribution in [3.8, 4) is 0 Å². The minimum absolute atomic E-state index is 0.0478. The van der Waals surface area contributed by atoms with Crippen LogP contribution in [0.3, 0.4) is 0 Å². The van der Waals surface area contributed by atoms with Crippen LogP contribution in [0.2, 0.25) is 0 Å². The highest BCUT2D eigenvalue weighted by Crippen LogP contribution is 2.51. The highest BCUT2D eigenvalue weighted by atomic mass is 32.2. The Morgan fingerprint density at radius 1 is 0.913 bits per heavy atom. The van der Waals surface area contributed by atoms with E-state index in [4.69, 9.17) is 19.8 Å². The number of carbonyl (C=O) groups is 6. The number of aliphatic hydroxyl groups excluding tert-OH is 1. The molecule has 0 bridgehead atoms. The van der Waals surface area contributed by atoms with Crippen LogP contribution in [-0.4, -0.2) is 120 Å². The lowest BCUT2D eigenvalue weighted by Crippen LogP contribution is -2.83. The van der Waals surface area contributed by atoms with Crippen LogP contribution in [0.25, 0.3) is 0 Å². The van der Waals surface area contributed by atoms with E-state index in [2.05, 4.69) is 25.0 Å². The number of hydrogen-bond acceptors (Lipinski definition) is 18. The summed E-state index contributed by atoms with van der Waals surface area (Å²) in [4.78, 5) is 79.7. The van der Waals surface area contributed by atoms with E-state index in [9.17, 15) is 54.3 Å². The van der Waals surface area contributed by atoms with Crippen molar-refractivity contribution in [1.29, 1.82) is 0 Å². The molecule has 1 aliphatic rings. The van der Waals surface area contributed by atoms with Crippen LogP contribution >= 0.6 is 11.8 Å². The molecule has 0 saturated carbocycles. The summed E-state index contributed by atoms with van der Waals surface area (Å²) in [6.45, 7) is 2.95. The quantitative estimate of drug-likeness (QED) is 0.0449. The second kappa shape index (κ2) is 15.7. The first-order valence-electron chi connectivity index (χ1n) is 15.9. The van der Waals surface area contributed by atoms with Crippen LogP contribution in [0.5, 0.6) is 0 Å². The highest BCUT2D eigenvalue weighted by molar-refractivity contribution is 7.99. The number of carbonyl (C=O) groups excluding carboxylic acids is 5. The number of hydrogen-bond donors (Lipinski definition) is 7. The lowest BCUT2D eigenvalue weighted by atomic mass is 9.87. The van der Waals surface area contributed by atoms with E-state index in [-0.39, 0.29) is 11.8 Å². The van der Waals surface area contributed by atoms with Crippen molar-refractivity contribution in [1.82, 2.24) is 10.8 Å². The van der Waals surface area contributed by atoms with E-state index in [0.29, 0.717) is 0 Å². The number of nitrogens with one attached hydrogen (secondary N) is 2. The van der Waals surface area contributed by atoms with Gasteiger partial charge in [-0.3, -0.25) is 28.8 Å². The number of esters is 4. The molecule has 0 aromatic carbocycles. The second-order valence-electron chi connectivity index (χ2n) is 11.0. The number of carboxylic acid groups (broad SMARTS) is 1. The summed E-state index contributed by atoms with van der Waals surface area (Å²) in [5.41, 5.74) is -0.813. The monoisotopic (exact) mass is 690 g/mol. The smallest absolute Gasteiger partial charge is 0.350 e. The van der Waals surface area contributed by atoms with Crippen molar-refractivity contribution in [2.45, 2.75) is 115 Å². The molecule has 1 amide bonds. The summed E-state index contributed by atoms with van der Waals surface area (Å²) >= 11 is 0.0478. The summed E-state index contributed by atoms with van der Waals surface area (Å²) in [5.74, 6) is -23.5. The van der Waals surface area contributed by atoms with Crippen LogP contribution in [0.15, 0.2) is 0 Å². The number of ether oxygens (including phenoxy) is 5. The van der Waals surface area contributed by atoms with Gasteiger partial charge in [0, 0.05) is 38.8 Å². The van der Waals surface area contributed by atoms with Gasteiger partial charge in [-0.15, -0.1) is 11.8 Å². The molecular weight excluding hydrogens is 644 g/mol. The van der Waals surface area contributed by atoms with Crippen LogP contribution < -0.4 is 10.8 Å². The Labute approximate surface area is 273 Å². The van der Waals surface area contributed by atoms with Crippen molar-refractivity contribution in [3.05, 3.63) is 0 Å². The van der Waals surface area contributed by atoms with E-state index in [0.717, 1.165) is 0 Å². The number of hydroxylamine groups is 1. The lowest BCUT2D eigenvalue weighted by molar-refractivity contribution is -0.509. The Morgan fingerprint density at radius 3 is 1.91 bits per heavy atom. The Morgan fingerprint density at radius 2 is 1.43 bits per heavy atom. The average Bonchev–Trinajstić information content (AvgIpc) is 3.01. The molecule has 0 spiro atoms. The van der Waals surface area contributed by atoms with Gasteiger partial charge in [-0.2, -0.15) is 5.48 Å². The number of carboxylic acids is 1. The number of rotatable bonds is 14. The topological polar surface area (TPSA) is 283 Å². The minimum Gasteiger partial charge on any atom is -0.480 e. The average molecular weight is 691 g/mol. The van der Waals surface area contributed by atoms with Gasteiger partial charge in [0.15, 0.2) is 11.5 Å². The van der Waals surface area contributed by atoms with Crippen molar-refractivity contribution < 1.29 is 88.3 Å². The molecule has 1 rings (SSSR count). The number of aliphatic carboxylic acids is 1. The number of aliphatic hydroxyl groups is 4. The molecule has 1 heterocycles. The van der Waals surface area contributed by atoms with Crippen LogP contribution in [0.1, 0.15) is 67.7 Å². The Hall–Kier alpha value is -3.11. The molecule has 0 radical (unpaired) electrons. The standard InChI is InChI=1S/C26H42N2O17S/c1-11(2)17(28-45-23(7,8)9)19(33)27-16(20(34)35)10-46-22-25(38,43-14(5)31)26(39,44-15(6)32)24(37,42-13(4)30)18(41-22)21(36)40-12(3)29/h11,16-18,21-22,28,36-39H,10H2,1-9H3,(H,27,33)(H,34,35)/t16-,17-,18+,21?,22?,24-,25+,26+/m0/s1/i3D,4D,5D,6D. The third kappa shape index (κ3) is 9.94. The fourth-order valence-electron chi connectivity index (χ4n) is 3.79. The molecule has 0 aromatic rings. The molecule has 2 unspecified atom stereocenters. The van der Waals surface area contributed by atoms with Crippen molar-refractivity contribution in [3.63, 3.8) is 0 Å². The zero-order valence-electron chi connectivity index (χ0n) is 29.5. The summed E-state index contributed by atoms with van der Waals surface area (Å²) < 4.78 is 53.0. The zero-order chi connectivity index (χ0) is 38.8. The number of thioether (sulfide) groups is 1. The van der Waals surface area contributed by atoms with Crippen LogP contribution in [0, 0.1) is 5.92 Å². The van der Waals surface area contributed by atoms with E-state index >= 15 is 0 Å². The van der Waals surface area contributed by atoms with Gasteiger partial charge in [0.25, 0.3) is 0 Å². The summed E-state index contributed by atoms with van der Waals surface area (Å²) in [7, 11) is 0. The summed E-state index contributed by atoms with van der Waals surface area (Å²) in [6.07, 6.45) is -5.79. The predicted octanol–water partition coefficient (Wildman–Crippen LogP) is -2.01. The first kappa shape index (κ1) is 34.2. The molecule has 1 aliphatic heterocycles. The third-order valence-corrected chi connectivity index (χ3v) is 6.99. The molecule has 0 aromatic heterocycles. The number of amides is 1. The second-order valence-corrected chi connectivity index (χ2v) is 12.1. The molecule has 20 heteroatoms. The first-order valence-corrected chi connectivity index (χ1v) is 14.1. The van der Waals surface area contributed by atoms with Crippen LogP contribution in [0.4, 0.5) is 0 Å². The van der Waals surface area contributed by atoms with E-state index in [1.807, 2.05) is 0 Å². The van der Waals surface area contributed by atoms with Gasteiger partial charge in [-0.1, -0.05) is 13.8 Å². The van der Waals surface area contributed by atoms with Gasteiger partial charge < -0.3 is 54.5 Å². The minimum atomic E-state index is -4.39. The van der Waals surface area contributed by atoms with E-state index < -0.39 is 128 Å². The Bertz CT molecular complexity index is 1250. The maximum Gasteiger partial charge on any atom is 0.350 e. The molecule has 1 saturated heterocycles. The zero-order valence-corrected chi connectivity index (χ0v) is 26.4. The van der Waals surface area contributed by atoms with Gasteiger partial charge in [-0.25, -0.2) is 4.79 Å². The lowest BCUT2D eigenvalue weighted by Gasteiger charge is -2.56. The van der Waals surface area contributed by atoms with Gasteiger partial charge in [-0.05, 0) is 26.7 Å². The molecule has 7 N–H and O–H groups in total. The molecule has 19 nitrogen and oxygen atoms in total. The van der Waals surface area contributed by atoms with Gasteiger partial charge >= 0.3 is 47.2 Å². The van der Waals surface area contributed by atoms with Gasteiger partial charge in [0.05, 0.1) is 5.60 Å². The molecule has 264 valence electrons. The third-order valence-electron chi connectivity index (χ3n) is 5.73. The van der Waals surface area contributed by atoms with Crippen molar-refractivity contribution in [2.75, 3.05) is 5.75 Å². The maximum absolute atomic E-state index is 13.1. The fraction of sp³-hybridized carbons (Fsp3) is 0.769.